The molecule has 0 aliphatic carbocycles. The zero-order valence-corrected chi connectivity index (χ0v) is 19.6. The molecular weight excluding hydrogens is 478 g/mol. The van der Waals surface area contributed by atoms with Crippen molar-refractivity contribution < 1.29 is 33.3 Å². The number of hydrogen-bond acceptors (Lipinski definition) is 8. The van der Waals surface area contributed by atoms with Crippen LogP contribution in [0, 0.1) is 11.3 Å². The summed E-state index contributed by atoms with van der Waals surface area (Å²) >= 11 is 0. The molecule has 1 aromatic carbocycles. The first-order valence-corrected chi connectivity index (χ1v) is 11.4. The fraction of sp³-hybridized carbons (Fsp3) is 0.182. The van der Waals surface area contributed by atoms with E-state index >= 15 is 0 Å². The molecule has 35 heavy (non-hydrogen) atoms. The minimum Gasteiger partial charge on any atom is -0.494 e. The van der Waals surface area contributed by atoms with Gasteiger partial charge in [-0.15, -0.1) is 0 Å². The van der Waals surface area contributed by atoms with Crippen molar-refractivity contribution in [1.82, 2.24) is 19.6 Å². The predicted molar refractivity (Wildman–Crippen MR) is 126 cm³/mol. The molecule has 0 amide bonds. The molecule has 13 heteroatoms. The number of likely N-dealkylation sites (N-methyl/N-ethyl adjacent to an activating group) is 1. The van der Waals surface area contributed by atoms with Gasteiger partial charge in [0.25, 0.3) is 0 Å². The van der Waals surface area contributed by atoms with Crippen LogP contribution in [0.2, 0.25) is 0 Å². The number of aromatic nitrogens is 2. The van der Waals surface area contributed by atoms with Gasteiger partial charge in [0.2, 0.25) is 10.0 Å². The Kier molecular flexibility index (Phi) is 9.06. The second-order valence-corrected chi connectivity index (χ2v) is 9.08. The van der Waals surface area contributed by atoms with Gasteiger partial charge in [0.05, 0.1) is 22.9 Å². The Morgan fingerprint density at radius 3 is 2.34 bits per heavy atom. The maximum absolute atomic E-state index is 12.3. The molecule has 0 atom stereocenters. The molecule has 0 spiro atoms. The van der Waals surface area contributed by atoms with Gasteiger partial charge in [-0.05, 0) is 44.4 Å². The van der Waals surface area contributed by atoms with E-state index in [1.807, 2.05) is 19.0 Å². The molecule has 0 bridgehead atoms. The average Bonchev–Trinajstić information content (AvgIpc) is 3.12. The van der Waals surface area contributed by atoms with Crippen molar-refractivity contribution in [3.8, 4) is 23.2 Å². The van der Waals surface area contributed by atoms with Crippen molar-refractivity contribution in [1.29, 1.82) is 5.26 Å². The molecule has 0 aliphatic rings. The summed E-state index contributed by atoms with van der Waals surface area (Å²) in [6.45, 7) is 0.867. The van der Waals surface area contributed by atoms with Gasteiger partial charge >= 0.3 is 11.9 Å². The van der Waals surface area contributed by atoms with Crippen molar-refractivity contribution in [2.24, 2.45) is 0 Å². The van der Waals surface area contributed by atoms with Gasteiger partial charge in [-0.25, -0.2) is 22.7 Å². The second kappa shape index (κ2) is 11.7. The average molecular weight is 502 g/mol. The Morgan fingerprint density at radius 1 is 1.17 bits per heavy atom. The van der Waals surface area contributed by atoms with Crippen LogP contribution in [0.4, 0.5) is 0 Å². The first kappa shape index (κ1) is 27.0. The number of H-pyrrole nitrogens is 1. The summed E-state index contributed by atoms with van der Waals surface area (Å²) in [6.07, 6.45) is 2.37. The molecule has 2 heterocycles. The highest BCUT2D eigenvalue weighted by Crippen LogP contribution is 2.36. The van der Waals surface area contributed by atoms with Crippen molar-refractivity contribution >= 4 is 32.9 Å². The van der Waals surface area contributed by atoms with Crippen LogP contribution in [-0.2, 0) is 19.6 Å². The number of pyridine rings is 1. The Labute approximate surface area is 200 Å². The van der Waals surface area contributed by atoms with Crippen LogP contribution in [0.15, 0.2) is 53.6 Å². The van der Waals surface area contributed by atoms with E-state index in [1.54, 1.807) is 18.2 Å². The Morgan fingerprint density at radius 2 is 1.83 bits per heavy atom. The molecule has 0 unspecified atom stereocenters. The number of carboxylic acid groups (broad SMARTS) is 2. The molecule has 0 saturated heterocycles. The normalized spacial score (nSPS) is 11.3. The summed E-state index contributed by atoms with van der Waals surface area (Å²) in [7, 11) is 0.0570. The van der Waals surface area contributed by atoms with E-state index in [1.165, 1.54) is 18.3 Å². The minimum atomic E-state index is -3.66. The third-order valence-electron chi connectivity index (χ3n) is 4.43. The smallest absolute Gasteiger partial charge is 0.328 e. The molecule has 3 aromatic rings. The summed E-state index contributed by atoms with van der Waals surface area (Å²) in [5, 5.41) is 35.6. The quantitative estimate of drug-likeness (QED) is 0.281. The van der Waals surface area contributed by atoms with E-state index in [-0.39, 0.29) is 17.3 Å². The number of fused-ring (bicyclic) bond motifs is 1. The number of rotatable bonds is 8. The topological polar surface area (TPSA) is 197 Å². The number of nitrogens with one attached hydrogen (secondary N) is 2. The molecule has 0 radical (unpaired) electrons. The van der Waals surface area contributed by atoms with Gasteiger partial charge in [0, 0.05) is 42.3 Å². The van der Waals surface area contributed by atoms with Gasteiger partial charge < -0.3 is 25.2 Å². The number of hydrogen-bond donors (Lipinski definition) is 5. The summed E-state index contributed by atoms with van der Waals surface area (Å²) < 4.78 is 27.1. The highest BCUT2D eigenvalue weighted by molar-refractivity contribution is 7.89. The van der Waals surface area contributed by atoms with Crippen LogP contribution in [0.3, 0.4) is 0 Å². The van der Waals surface area contributed by atoms with E-state index < -0.39 is 22.0 Å². The fourth-order valence-corrected chi connectivity index (χ4v) is 3.79. The van der Waals surface area contributed by atoms with Crippen molar-refractivity contribution in [2.45, 2.75) is 4.90 Å². The number of sulfonamides is 1. The lowest BCUT2D eigenvalue weighted by atomic mass is 10.1. The number of aromatic amines is 1. The van der Waals surface area contributed by atoms with E-state index in [4.69, 9.17) is 15.5 Å². The van der Waals surface area contributed by atoms with Crippen LogP contribution >= 0.6 is 0 Å². The predicted octanol–water partition coefficient (Wildman–Crippen LogP) is 1.36. The Hall–Kier alpha value is -4.25. The summed E-state index contributed by atoms with van der Waals surface area (Å²) in [5.74, 6) is -2.60. The molecular formula is C22H23N5O7S. The molecule has 2 aromatic heterocycles. The number of carboxylic acids is 2. The van der Waals surface area contributed by atoms with Crippen LogP contribution in [0.25, 0.3) is 22.2 Å². The zero-order valence-electron chi connectivity index (χ0n) is 18.8. The van der Waals surface area contributed by atoms with Gasteiger partial charge in [0.15, 0.2) is 5.88 Å². The first-order chi connectivity index (χ1) is 16.4. The zero-order chi connectivity index (χ0) is 26.2. The maximum atomic E-state index is 12.3. The van der Waals surface area contributed by atoms with Gasteiger partial charge in [-0.3, -0.25) is 4.98 Å². The Balaban J connectivity index is 0.000000466. The molecule has 0 aliphatic heterocycles. The van der Waals surface area contributed by atoms with Crippen molar-refractivity contribution in [2.75, 3.05) is 27.2 Å². The van der Waals surface area contributed by atoms with E-state index in [0.29, 0.717) is 46.4 Å². The third-order valence-corrected chi connectivity index (χ3v) is 5.88. The SMILES string of the molecule is CN(C)CCNS(=O)(=O)c1ccc(-c2c(O)[nH]c3ccc(C#N)cc23)nc1.O=C(O)C=CC(=O)O. The largest absolute Gasteiger partial charge is 0.494 e. The lowest BCUT2D eigenvalue weighted by Crippen LogP contribution is -2.31. The molecule has 184 valence electrons. The van der Waals surface area contributed by atoms with E-state index in [0.717, 1.165) is 0 Å². The number of carbonyl (C=O) groups is 2. The molecule has 0 fully saturated rings. The maximum Gasteiger partial charge on any atom is 0.328 e. The highest BCUT2D eigenvalue weighted by atomic mass is 32.2. The lowest BCUT2D eigenvalue weighted by molar-refractivity contribution is -0.134. The van der Waals surface area contributed by atoms with E-state index in [9.17, 15) is 23.1 Å². The fourth-order valence-electron chi connectivity index (χ4n) is 2.82. The number of aliphatic carboxylic acids is 2. The highest BCUT2D eigenvalue weighted by Gasteiger charge is 2.18. The number of benzene rings is 1. The van der Waals surface area contributed by atoms with Crippen LogP contribution in [-0.4, -0.2) is 77.7 Å². The molecule has 12 nitrogen and oxygen atoms in total. The lowest BCUT2D eigenvalue weighted by Gasteiger charge is -2.11. The summed E-state index contributed by atoms with van der Waals surface area (Å²) in [4.78, 5) is 28.1. The second-order valence-electron chi connectivity index (χ2n) is 7.31. The van der Waals surface area contributed by atoms with E-state index in [2.05, 4.69) is 20.8 Å². The number of nitriles is 1. The summed E-state index contributed by atoms with van der Waals surface area (Å²) in [5.41, 5.74) is 1.94. The Bertz CT molecular complexity index is 1370. The number of aromatic hydroxyl groups is 1. The van der Waals surface area contributed by atoms with Gasteiger partial charge in [-0.2, -0.15) is 5.26 Å². The van der Waals surface area contributed by atoms with Crippen LogP contribution in [0.5, 0.6) is 5.88 Å². The van der Waals surface area contributed by atoms with Gasteiger partial charge in [-0.1, -0.05) is 0 Å². The van der Waals surface area contributed by atoms with Crippen LogP contribution in [0.1, 0.15) is 5.56 Å². The summed E-state index contributed by atoms with van der Waals surface area (Å²) in [6, 6.07) is 10.0. The third kappa shape index (κ3) is 7.64. The van der Waals surface area contributed by atoms with Gasteiger partial charge in [0.1, 0.15) is 4.90 Å². The standard InChI is InChI=1S/C18H19N5O3S.C4H4O4/c1-23(2)8-7-21-27(25,26)13-4-6-16(20-11-13)17-14-9-12(10-19)3-5-15(14)22-18(17)24;5-3(6)1-2-4(7)8/h3-6,9,11,21-22,24H,7-8H2,1-2H3;1-2H,(H,5,6)(H,7,8). The molecule has 3 rings (SSSR count). The molecule has 0 saturated carbocycles. The van der Waals surface area contributed by atoms with Crippen molar-refractivity contribution in [3.63, 3.8) is 0 Å². The minimum absolute atomic E-state index is 0.0436. The molecule has 5 N–H and O–H groups in total. The first-order valence-electron chi connectivity index (χ1n) is 9.94. The monoisotopic (exact) mass is 501 g/mol. The van der Waals surface area contributed by atoms with Crippen molar-refractivity contribution in [3.05, 3.63) is 54.2 Å². The van der Waals surface area contributed by atoms with Crippen LogP contribution < -0.4 is 4.72 Å². The number of nitrogens with zero attached hydrogens (tertiary/aromatic N) is 3.